The van der Waals surface area contributed by atoms with E-state index in [1.54, 1.807) is 31.2 Å². The SMILES string of the molecule is C/C(=N\Nc1ccc(S(=O)(=O)O)cc1)c1ccc(O)cc1. The fraction of sp³-hybridized carbons (Fsp3) is 0.0714. The van der Waals surface area contributed by atoms with Gasteiger partial charge in [-0.05, 0) is 61.0 Å². The molecule has 6 nitrogen and oxygen atoms in total. The normalized spacial score (nSPS) is 12.2. The lowest BCUT2D eigenvalue weighted by Gasteiger charge is -2.04. The average Bonchev–Trinajstić information content (AvgIpc) is 2.45. The number of rotatable bonds is 4. The first-order valence-corrected chi connectivity index (χ1v) is 7.47. The Labute approximate surface area is 122 Å². The van der Waals surface area contributed by atoms with Crippen LogP contribution in [0.15, 0.2) is 58.5 Å². The molecule has 0 aliphatic rings. The molecule has 110 valence electrons. The van der Waals surface area contributed by atoms with E-state index in [9.17, 15) is 13.5 Å². The van der Waals surface area contributed by atoms with Crippen LogP contribution in [0.4, 0.5) is 5.69 Å². The Bertz CT molecular complexity index is 751. The van der Waals surface area contributed by atoms with Crippen molar-refractivity contribution in [2.75, 3.05) is 5.43 Å². The van der Waals surface area contributed by atoms with Gasteiger partial charge in [-0.3, -0.25) is 9.98 Å². The van der Waals surface area contributed by atoms with E-state index in [1.165, 1.54) is 24.3 Å². The van der Waals surface area contributed by atoms with Crippen molar-refractivity contribution in [3.63, 3.8) is 0 Å². The molecule has 0 radical (unpaired) electrons. The van der Waals surface area contributed by atoms with E-state index in [2.05, 4.69) is 10.5 Å². The second-order valence-corrected chi connectivity index (χ2v) is 5.78. The second-order valence-electron chi connectivity index (χ2n) is 4.36. The summed E-state index contributed by atoms with van der Waals surface area (Å²) in [5.74, 6) is 0.181. The fourth-order valence-corrected chi connectivity index (χ4v) is 2.10. The highest BCUT2D eigenvalue weighted by Crippen LogP contribution is 2.14. The molecule has 0 saturated carbocycles. The van der Waals surface area contributed by atoms with Gasteiger partial charge < -0.3 is 5.11 Å². The summed E-state index contributed by atoms with van der Waals surface area (Å²) in [7, 11) is -4.19. The van der Waals surface area contributed by atoms with Gasteiger partial charge in [-0.2, -0.15) is 13.5 Å². The maximum absolute atomic E-state index is 10.9. The molecule has 0 saturated heterocycles. The summed E-state index contributed by atoms with van der Waals surface area (Å²) in [6.45, 7) is 1.80. The molecule has 2 aromatic rings. The summed E-state index contributed by atoms with van der Waals surface area (Å²) in [5, 5.41) is 13.4. The van der Waals surface area contributed by atoms with Crippen molar-refractivity contribution < 1.29 is 18.1 Å². The number of aromatic hydroxyl groups is 1. The first-order chi connectivity index (χ1) is 9.86. The van der Waals surface area contributed by atoms with E-state index in [0.717, 1.165) is 5.56 Å². The smallest absolute Gasteiger partial charge is 0.294 e. The minimum atomic E-state index is -4.19. The number of hydrogen-bond donors (Lipinski definition) is 3. The zero-order chi connectivity index (χ0) is 15.5. The Morgan fingerprint density at radius 2 is 1.62 bits per heavy atom. The largest absolute Gasteiger partial charge is 0.508 e. The number of hydrogen-bond acceptors (Lipinski definition) is 5. The third kappa shape index (κ3) is 4.04. The molecule has 0 fully saturated rings. The van der Waals surface area contributed by atoms with E-state index in [0.29, 0.717) is 11.4 Å². The van der Waals surface area contributed by atoms with E-state index in [-0.39, 0.29) is 10.6 Å². The standard InChI is InChI=1S/C14H14N2O4S/c1-10(11-2-6-13(17)7-3-11)15-16-12-4-8-14(9-5-12)21(18,19)20/h2-9,16-17H,1H3,(H,18,19,20)/b15-10+. The van der Waals surface area contributed by atoms with Crippen LogP contribution < -0.4 is 5.43 Å². The molecule has 2 rings (SSSR count). The molecule has 0 unspecified atom stereocenters. The molecule has 0 spiro atoms. The lowest BCUT2D eigenvalue weighted by atomic mass is 10.1. The maximum Gasteiger partial charge on any atom is 0.294 e. The van der Waals surface area contributed by atoms with Crippen molar-refractivity contribution in [3.8, 4) is 5.75 Å². The molecule has 0 heterocycles. The number of nitrogens with zero attached hydrogens (tertiary/aromatic N) is 1. The van der Waals surface area contributed by atoms with Crippen LogP contribution in [0.25, 0.3) is 0 Å². The molecular weight excluding hydrogens is 292 g/mol. The van der Waals surface area contributed by atoms with Gasteiger partial charge in [-0.1, -0.05) is 0 Å². The molecular formula is C14H14N2O4S. The molecule has 3 N–H and O–H groups in total. The molecule has 7 heteroatoms. The summed E-state index contributed by atoms with van der Waals surface area (Å²) in [6, 6.07) is 12.2. The Morgan fingerprint density at radius 1 is 1.05 bits per heavy atom. The minimum Gasteiger partial charge on any atom is -0.508 e. The van der Waals surface area contributed by atoms with E-state index in [1.807, 2.05) is 0 Å². The van der Waals surface area contributed by atoms with Gasteiger partial charge in [0.15, 0.2) is 0 Å². The van der Waals surface area contributed by atoms with Crippen molar-refractivity contribution in [2.24, 2.45) is 5.10 Å². The molecule has 0 aliphatic heterocycles. The van der Waals surface area contributed by atoms with Crippen molar-refractivity contribution in [1.82, 2.24) is 0 Å². The number of nitrogens with one attached hydrogen (secondary N) is 1. The van der Waals surface area contributed by atoms with Gasteiger partial charge >= 0.3 is 0 Å². The van der Waals surface area contributed by atoms with Crippen LogP contribution in [0, 0.1) is 0 Å². The highest BCUT2D eigenvalue weighted by Gasteiger charge is 2.08. The third-order valence-electron chi connectivity index (χ3n) is 2.79. The molecule has 0 aromatic heterocycles. The number of anilines is 1. The third-order valence-corrected chi connectivity index (χ3v) is 3.66. The monoisotopic (exact) mass is 306 g/mol. The summed E-state index contributed by atoms with van der Waals surface area (Å²) in [4.78, 5) is -0.174. The quantitative estimate of drug-likeness (QED) is 0.458. The number of benzene rings is 2. The van der Waals surface area contributed by atoms with E-state index in [4.69, 9.17) is 4.55 Å². The first kappa shape index (κ1) is 15.0. The number of hydrazone groups is 1. The van der Waals surface area contributed by atoms with Crippen molar-refractivity contribution in [3.05, 3.63) is 54.1 Å². The Morgan fingerprint density at radius 3 is 2.14 bits per heavy atom. The molecule has 0 aliphatic carbocycles. The summed E-state index contributed by atoms with van der Waals surface area (Å²) in [6.07, 6.45) is 0. The van der Waals surface area contributed by atoms with Gasteiger partial charge in [0, 0.05) is 0 Å². The number of phenolic OH excluding ortho intramolecular Hbond substituents is 1. The van der Waals surface area contributed by atoms with Gasteiger partial charge in [0.1, 0.15) is 5.75 Å². The summed E-state index contributed by atoms with van der Waals surface area (Å²) < 4.78 is 30.7. The van der Waals surface area contributed by atoms with Crippen molar-refractivity contribution >= 4 is 21.5 Å². The first-order valence-electron chi connectivity index (χ1n) is 6.03. The fourth-order valence-electron chi connectivity index (χ4n) is 1.62. The van der Waals surface area contributed by atoms with Crippen LogP contribution in [0.5, 0.6) is 5.75 Å². The summed E-state index contributed by atoms with van der Waals surface area (Å²) >= 11 is 0. The summed E-state index contributed by atoms with van der Waals surface area (Å²) in [5.41, 5.74) is 4.91. The van der Waals surface area contributed by atoms with Crippen LogP contribution in [0.3, 0.4) is 0 Å². The lowest BCUT2D eigenvalue weighted by Crippen LogP contribution is -2.00. The van der Waals surface area contributed by atoms with Gasteiger partial charge in [-0.25, -0.2) is 0 Å². The Hall–Kier alpha value is -2.38. The topological polar surface area (TPSA) is 99.0 Å². The van der Waals surface area contributed by atoms with Crippen LogP contribution in [-0.2, 0) is 10.1 Å². The predicted molar refractivity (Wildman–Crippen MR) is 80.2 cm³/mol. The van der Waals surface area contributed by atoms with Crippen LogP contribution in [-0.4, -0.2) is 23.8 Å². The van der Waals surface area contributed by atoms with Crippen LogP contribution >= 0.6 is 0 Å². The Balaban J connectivity index is 2.11. The van der Waals surface area contributed by atoms with Crippen molar-refractivity contribution in [1.29, 1.82) is 0 Å². The highest BCUT2D eigenvalue weighted by molar-refractivity contribution is 7.85. The van der Waals surface area contributed by atoms with Crippen molar-refractivity contribution in [2.45, 2.75) is 11.8 Å². The molecule has 21 heavy (non-hydrogen) atoms. The molecule has 2 aromatic carbocycles. The van der Waals surface area contributed by atoms with E-state index >= 15 is 0 Å². The van der Waals surface area contributed by atoms with Gasteiger partial charge in [-0.15, -0.1) is 0 Å². The van der Waals surface area contributed by atoms with Gasteiger partial charge in [0.2, 0.25) is 0 Å². The van der Waals surface area contributed by atoms with Crippen LogP contribution in [0.1, 0.15) is 12.5 Å². The minimum absolute atomic E-state index is 0.174. The average molecular weight is 306 g/mol. The maximum atomic E-state index is 10.9. The number of phenols is 1. The zero-order valence-corrected chi connectivity index (χ0v) is 12.0. The zero-order valence-electron chi connectivity index (χ0n) is 11.2. The Kier molecular flexibility index (Phi) is 4.25. The second kappa shape index (κ2) is 5.94. The highest BCUT2D eigenvalue weighted by atomic mass is 32.2. The van der Waals surface area contributed by atoms with Gasteiger partial charge in [0.05, 0.1) is 16.3 Å². The lowest BCUT2D eigenvalue weighted by molar-refractivity contribution is 0.475. The van der Waals surface area contributed by atoms with Gasteiger partial charge in [0.25, 0.3) is 10.1 Å². The van der Waals surface area contributed by atoms with Crippen LogP contribution in [0.2, 0.25) is 0 Å². The molecule has 0 bridgehead atoms. The molecule has 0 amide bonds. The predicted octanol–water partition coefficient (Wildman–Crippen LogP) is 2.48. The molecule has 0 atom stereocenters. The van der Waals surface area contributed by atoms with E-state index < -0.39 is 10.1 Å².